The van der Waals surface area contributed by atoms with Gasteiger partial charge in [-0.3, -0.25) is 0 Å². The first-order chi connectivity index (χ1) is 7.76. The van der Waals surface area contributed by atoms with E-state index in [1.54, 1.807) is 12.4 Å². The van der Waals surface area contributed by atoms with Gasteiger partial charge in [0.05, 0.1) is 0 Å². The summed E-state index contributed by atoms with van der Waals surface area (Å²) in [7, 11) is 0. The quantitative estimate of drug-likeness (QED) is 0.659. The maximum absolute atomic E-state index is 5.41. The molecule has 0 aromatic carbocycles. The fourth-order valence-electron chi connectivity index (χ4n) is 1.47. The molecule has 5 heteroatoms. The lowest BCUT2D eigenvalue weighted by Gasteiger charge is -2.17. The fourth-order valence-corrected chi connectivity index (χ4v) is 1.47. The number of aromatic nitrogens is 2. The van der Waals surface area contributed by atoms with Gasteiger partial charge in [-0.1, -0.05) is 13.8 Å². The van der Waals surface area contributed by atoms with Gasteiger partial charge in [-0.25, -0.2) is 9.97 Å². The highest BCUT2D eigenvalue weighted by atomic mass is 15.1. The molecule has 0 atom stereocenters. The molecule has 1 heterocycles. The number of rotatable bonds is 7. The maximum atomic E-state index is 5.41. The second-order valence-electron chi connectivity index (χ2n) is 3.65. The molecule has 0 unspecified atom stereocenters. The molecule has 0 saturated carbocycles. The molecule has 1 aromatic heterocycles. The van der Waals surface area contributed by atoms with Crippen LogP contribution in [0.1, 0.15) is 19.4 Å². The van der Waals surface area contributed by atoms with Crippen LogP contribution in [0.3, 0.4) is 0 Å². The minimum absolute atomic E-state index is 0.326. The third-order valence-corrected chi connectivity index (χ3v) is 2.55. The molecular weight excluding hydrogens is 202 g/mol. The average molecular weight is 223 g/mol. The summed E-state index contributed by atoms with van der Waals surface area (Å²) in [6.45, 7) is 9.40. The summed E-state index contributed by atoms with van der Waals surface area (Å²) < 4.78 is 0. The number of hydrogen-bond acceptors (Lipinski definition) is 5. The Labute approximate surface area is 97.1 Å². The Morgan fingerprint density at radius 3 is 2.44 bits per heavy atom. The number of nitrogens with zero attached hydrogens (tertiary/aromatic N) is 3. The Kier molecular flexibility index (Phi) is 5.74. The van der Waals surface area contributed by atoms with Gasteiger partial charge in [0.15, 0.2) is 0 Å². The predicted octanol–water partition coefficient (Wildman–Crippen LogP) is 0.490. The second-order valence-corrected chi connectivity index (χ2v) is 3.65. The fraction of sp³-hybridized carbons (Fsp3) is 0.636. The van der Waals surface area contributed by atoms with Gasteiger partial charge in [0.1, 0.15) is 0 Å². The molecule has 1 aromatic rings. The lowest BCUT2D eigenvalue weighted by Crippen LogP contribution is -2.31. The molecule has 1 rings (SSSR count). The van der Waals surface area contributed by atoms with E-state index < -0.39 is 0 Å². The Bertz CT molecular complexity index is 281. The number of anilines is 1. The molecule has 0 aliphatic rings. The van der Waals surface area contributed by atoms with E-state index in [9.17, 15) is 0 Å². The molecule has 16 heavy (non-hydrogen) atoms. The lowest BCUT2D eigenvalue weighted by molar-refractivity contribution is 0.302. The Morgan fingerprint density at radius 1 is 1.25 bits per heavy atom. The number of likely N-dealkylation sites (N-methyl/N-ethyl adjacent to an activating group) is 1. The first-order valence-corrected chi connectivity index (χ1v) is 5.75. The van der Waals surface area contributed by atoms with Crippen LogP contribution < -0.4 is 11.1 Å². The van der Waals surface area contributed by atoms with Gasteiger partial charge in [0.2, 0.25) is 5.95 Å². The largest absolute Gasteiger partial charge is 0.368 e. The van der Waals surface area contributed by atoms with Crippen LogP contribution in [0.15, 0.2) is 12.4 Å². The van der Waals surface area contributed by atoms with Gasteiger partial charge < -0.3 is 16.0 Å². The van der Waals surface area contributed by atoms with Crippen LogP contribution in [-0.4, -0.2) is 41.0 Å². The third kappa shape index (κ3) is 4.55. The zero-order valence-corrected chi connectivity index (χ0v) is 10.1. The van der Waals surface area contributed by atoms with Gasteiger partial charge in [0, 0.05) is 37.6 Å². The SMILES string of the molecule is CCN(CC)CCNCc1cnc(N)nc1. The minimum atomic E-state index is 0.326. The van der Waals surface area contributed by atoms with Gasteiger partial charge in [-0.15, -0.1) is 0 Å². The molecule has 0 fully saturated rings. The van der Waals surface area contributed by atoms with Crippen molar-refractivity contribution in [2.24, 2.45) is 0 Å². The van der Waals surface area contributed by atoms with Crippen LogP contribution in [0.25, 0.3) is 0 Å². The van der Waals surface area contributed by atoms with Crippen LogP contribution in [0.4, 0.5) is 5.95 Å². The first-order valence-electron chi connectivity index (χ1n) is 5.75. The van der Waals surface area contributed by atoms with Crippen molar-refractivity contribution in [1.82, 2.24) is 20.2 Å². The third-order valence-electron chi connectivity index (χ3n) is 2.55. The van der Waals surface area contributed by atoms with Crippen LogP contribution in [0.5, 0.6) is 0 Å². The highest BCUT2D eigenvalue weighted by Gasteiger charge is 1.98. The van der Waals surface area contributed by atoms with Crippen molar-refractivity contribution in [3.05, 3.63) is 18.0 Å². The van der Waals surface area contributed by atoms with Crippen molar-refractivity contribution in [3.8, 4) is 0 Å². The number of nitrogens with one attached hydrogen (secondary N) is 1. The summed E-state index contributed by atoms with van der Waals surface area (Å²) in [6, 6.07) is 0. The highest BCUT2D eigenvalue weighted by Crippen LogP contribution is 1.95. The van der Waals surface area contributed by atoms with Crippen molar-refractivity contribution in [3.63, 3.8) is 0 Å². The zero-order valence-electron chi connectivity index (χ0n) is 10.1. The molecule has 0 aliphatic carbocycles. The van der Waals surface area contributed by atoms with Crippen molar-refractivity contribution in [1.29, 1.82) is 0 Å². The van der Waals surface area contributed by atoms with E-state index in [-0.39, 0.29) is 0 Å². The number of nitrogens with two attached hydrogens (primary N) is 1. The standard InChI is InChI=1S/C11H21N5/c1-3-16(4-2)6-5-13-7-10-8-14-11(12)15-9-10/h8-9,13H,3-7H2,1-2H3,(H2,12,14,15). The summed E-state index contributed by atoms with van der Waals surface area (Å²) in [4.78, 5) is 10.3. The lowest BCUT2D eigenvalue weighted by atomic mass is 10.3. The van der Waals surface area contributed by atoms with Gasteiger partial charge in [0.25, 0.3) is 0 Å². The van der Waals surface area contributed by atoms with Crippen molar-refractivity contribution in [2.75, 3.05) is 31.9 Å². The number of hydrogen-bond donors (Lipinski definition) is 2. The summed E-state index contributed by atoms with van der Waals surface area (Å²) in [5, 5.41) is 3.36. The molecule has 0 amide bonds. The van der Waals surface area contributed by atoms with E-state index in [1.165, 1.54) is 0 Å². The van der Waals surface area contributed by atoms with Crippen LogP contribution in [0, 0.1) is 0 Å². The summed E-state index contributed by atoms with van der Waals surface area (Å²) >= 11 is 0. The van der Waals surface area contributed by atoms with Crippen molar-refractivity contribution >= 4 is 5.95 Å². The molecule has 0 saturated heterocycles. The Morgan fingerprint density at radius 2 is 1.88 bits per heavy atom. The van der Waals surface area contributed by atoms with Crippen LogP contribution in [0.2, 0.25) is 0 Å². The monoisotopic (exact) mass is 223 g/mol. The van der Waals surface area contributed by atoms with E-state index in [4.69, 9.17) is 5.73 Å². The normalized spacial score (nSPS) is 10.9. The molecule has 0 bridgehead atoms. The molecule has 0 spiro atoms. The van der Waals surface area contributed by atoms with E-state index in [1.807, 2.05) is 0 Å². The predicted molar refractivity (Wildman–Crippen MR) is 65.9 cm³/mol. The topological polar surface area (TPSA) is 67.1 Å². The maximum Gasteiger partial charge on any atom is 0.219 e. The van der Waals surface area contributed by atoms with Crippen LogP contribution >= 0.6 is 0 Å². The van der Waals surface area contributed by atoms with Gasteiger partial charge in [-0.05, 0) is 13.1 Å². The molecule has 3 N–H and O–H groups in total. The molecule has 0 radical (unpaired) electrons. The van der Waals surface area contributed by atoms with Crippen molar-refractivity contribution < 1.29 is 0 Å². The molecule has 0 aliphatic heterocycles. The second kappa shape index (κ2) is 7.14. The van der Waals surface area contributed by atoms with E-state index >= 15 is 0 Å². The van der Waals surface area contributed by atoms with E-state index in [0.29, 0.717) is 5.95 Å². The summed E-state index contributed by atoms with van der Waals surface area (Å²) in [5.74, 6) is 0.326. The zero-order chi connectivity index (χ0) is 11.8. The van der Waals surface area contributed by atoms with E-state index in [2.05, 4.69) is 34.0 Å². The van der Waals surface area contributed by atoms with E-state index in [0.717, 1.165) is 38.3 Å². The van der Waals surface area contributed by atoms with Gasteiger partial charge in [-0.2, -0.15) is 0 Å². The Balaban J connectivity index is 2.18. The minimum Gasteiger partial charge on any atom is -0.368 e. The molecule has 90 valence electrons. The van der Waals surface area contributed by atoms with Crippen molar-refractivity contribution in [2.45, 2.75) is 20.4 Å². The smallest absolute Gasteiger partial charge is 0.219 e. The average Bonchev–Trinajstić information content (AvgIpc) is 2.32. The summed E-state index contributed by atoms with van der Waals surface area (Å²) in [5.41, 5.74) is 6.47. The molecule has 5 nitrogen and oxygen atoms in total. The first kappa shape index (κ1) is 12.9. The molecular formula is C11H21N5. The Hall–Kier alpha value is -1.20. The number of nitrogen functional groups attached to an aromatic ring is 1. The van der Waals surface area contributed by atoms with Gasteiger partial charge >= 0.3 is 0 Å². The van der Waals surface area contributed by atoms with Crippen LogP contribution in [-0.2, 0) is 6.54 Å². The highest BCUT2D eigenvalue weighted by molar-refractivity contribution is 5.16. The summed E-state index contributed by atoms with van der Waals surface area (Å²) in [6.07, 6.45) is 3.51.